The summed E-state index contributed by atoms with van der Waals surface area (Å²) in [6, 6.07) is 1.11. The molecule has 0 bridgehead atoms. The van der Waals surface area contributed by atoms with Crippen molar-refractivity contribution in [1.82, 2.24) is 4.98 Å². The molecule has 0 aromatic carbocycles. The number of aryl methyl sites for hydroxylation is 1. The van der Waals surface area contributed by atoms with Crippen LogP contribution in [0.15, 0.2) is 10.5 Å². The molecule has 0 saturated heterocycles. The number of halogens is 3. The number of carbonyl (C=O) groups is 1. The summed E-state index contributed by atoms with van der Waals surface area (Å²) in [4.78, 5) is 14.3. The van der Waals surface area contributed by atoms with Crippen LogP contribution in [0.1, 0.15) is 23.4 Å². The molecule has 1 rings (SSSR count). The molecule has 0 unspecified atom stereocenters. The topological polar surface area (TPSA) is 50.2 Å². The first-order chi connectivity index (χ1) is 6.91. The van der Waals surface area contributed by atoms with E-state index in [-0.39, 0.29) is 22.2 Å². The van der Waals surface area contributed by atoms with Crippen LogP contribution in [0.5, 0.6) is 0 Å². The number of aromatic nitrogens is 1. The molecule has 82 valence electrons. The highest BCUT2D eigenvalue weighted by Crippen LogP contribution is 2.29. The zero-order valence-electron chi connectivity index (χ0n) is 7.80. The number of pyridine rings is 1. The minimum absolute atomic E-state index is 0.138. The maximum atomic E-state index is 12.5. The maximum Gasteiger partial charge on any atom is 0.309 e. The summed E-state index contributed by atoms with van der Waals surface area (Å²) in [5.74, 6) is -1.09. The smallest absolute Gasteiger partial charge is 0.309 e. The number of hydrogen-bond acceptors (Lipinski definition) is 2. The van der Waals surface area contributed by atoms with E-state index in [1.54, 1.807) is 6.92 Å². The fourth-order valence-corrected chi connectivity index (χ4v) is 1.53. The minimum atomic E-state index is -2.64. The molecule has 6 heteroatoms. The van der Waals surface area contributed by atoms with E-state index in [9.17, 15) is 13.6 Å². The van der Waals surface area contributed by atoms with Gasteiger partial charge in [0.05, 0.1) is 17.8 Å². The van der Waals surface area contributed by atoms with Crippen molar-refractivity contribution in [2.24, 2.45) is 0 Å². The summed E-state index contributed by atoms with van der Waals surface area (Å²) >= 11 is 2.99. The Morgan fingerprint density at radius 1 is 1.67 bits per heavy atom. The van der Waals surface area contributed by atoms with Crippen molar-refractivity contribution >= 4 is 21.9 Å². The summed E-state index contributed by atoms with van der Waals surface area (Å²) in [5, 5.41) is 8.52. The normalized spacial score (nSPS) is 10.7. The lowest BCUT2D eigenvalue weighted by molar-refractivity contribution is -0.136. The second-order valence-electron chi connectivity index (χ2n) is 2.97. The van der Waals surface area contributed by atoms with Crippen molar-refractivity contribution in [3.05, 3.63) is 27.5 Å². The van der Waals surface area contributed by atoms with Crippen LogP contribution < -0.4 is 0 Å². The molecular formula is C9H8BrF2NO2. The van der Waals surface area contributed by atoms with Crippen LogP contribution in [-0.2, 0) is 11.2 Å². The van der Waals surface area contributed by atoms with Crippen molar-refractivity contribution in [3.8, 4) is 0 Å². The first kappa shape index (κ1) is 12.0. The number of aliphatic carboxylic acids is 1. The molecule has 0 radical (unpaired) electrons. The lowest BCUT2D eigenvalue weighted by Gasteiger charge is -2.08. The maximum absolute atomic E-state index is 12.5. The largest absolute Gasteiger partial charge is 0.481 e. The number of nitrogens with zero attached hydrogens (tertiary/aromatic N) is 1. The Balaban J connectivity index is 3.17. The van der Waals surface area contributed by atoms with E-state index < -0.39 is 12.4 Å². The van der Waals surface area contributed by atoms with Crippen LogP contribution in [0.2, 0.25) is 0 Å². The van der Waals surface area contributed by atoms with Crippen LogP contribution in [0, 0.1) is 6.92 Å². The SMILES string of the molecule is Cc1nc(CC(=O)O)cc(C(F)F)c1Br. The number of carboxylic acid groups (broad SMARTS) is 1. The van der Waals surface area contributed by atoms with Gasteiger partial charge in [-0.2, -0.15) is 0 Å². The number of rotatable bonds is 3. The van der Waals surface area contributed by atoms with Crippen molar-refractivity contribution in [3.63, 3.8) is 0 Å². The Bertz CT molecular complexity index is 396. The van der Waals surface area contributed by atoms with E-state index in [0.717, 1.165) is 6.07 Å². The molecule has 0 amide bonds. The summed E-state index contributed by atoms with van der Waals surface area (Å²) in [7, 11) is 0. The van der Waals surface area contributed by atoms with E-state index in [1.165, 1.54) is 0 Å². The second kappa shape index (κ2) is 4.65. The van der Waals surface area contributed by atoms with Gasteiger partial charge in [0.15, 0.2) is 0 Å². The molecule has 0 atom stereocenters. The highest BCUT2D eigenvalue weighted by molar-refractivity contribution is 9.10. The Morgan fingerprint density at radius 3 is 2.73 bits per heavy atom. The van der Waals surface area contributed by atoms with Crippen LogP contribution in [0.3, 0.4) is 0 Å². The van der Waals surface area contributed by atoms with Crippen molar-refractivity contribution in [1.29, 1.82) is 0 Å². The standard InChI is InChI=1S/C9H8BrF2NO2/c1-4-8(10)6(9(11)12)2-5(13-4)3-7(14)15/h2,9H,3H2,1H3,(H,14,15). The third-order valence-electron chi connectivity index (χ3n) is 1.77. The Morgan fingerprint density at radius 2 is 2.27 bits per heavy atom. The molecule has 3 nitrogen and oxygen atoms in total. The summed E-state index contributed by atoms with van der Waals surface area (Å²) < 4.78 is 25.3. The molecular weight excluding hydrogens is 272 g/mol. The highest BCUT2D eigenvalue weighted by Gasteiger charge is 2.16. The molecule has 1 N–H and O–H groups in total. The quantitative estimate of drug-likeness (QED) is 0.926. The van der Waals surface area contributed by atoms with Gasteiger partial charge in [-0.1, -0.05) is 0 Å². The predicted octanol–water partition coefficient (Wildman–Crippen LogP) is 2.72. The lowest BCUT2D eigenvalue weighted by atomic mass is 10.1. The molecule has 0 aliphatic heterocycles. The van der Waals surface area contributed by atoms with Crippen molar-refractivity contribution in [2.75, 3.05) is 0 Å². The minimum Gasteiger partial charge on any atom is -0.481 e. The van der Waals surface area contributed by atoms with Gasteiger partial charge in [-0.25, -0.2) is 8.78 Å². The van der Waals surface area contributed by atoms with Gasteiger partial charge >= 0.3 is 5.97 Å². The zero-order chi connectivity index (χ0) is 11.6. The fraction of sp³-hybridized carbons (Fsp3) is 0.333. The zero-order valence-corrected chi connectivity index (χ0v) is 9.38. The van der Waals surface area contributed by atoms with E-state index >= 15 is 0 Å². The van der Waals surface area contributed by atoms with E-state index in [0.29, 0.717) is 5.69 Å². The van der Waals surface area contributed by atoms with Gasteiger partial charge < -0.3 is 5.11 Å². The van der Waals surface area contributed by atoms with Gasteiger partial charge in [0.25, 0.3) is 6.43 Å². The predicted molar refractivity (Wildman–Crippen MR) is 53.0 cm³/mol. The highest BCUT2D eigenvalue weighted by atomic mass is 79.9. The molecule has 1 heterocycles. The molecule has 1 aromatic rings. The van der Waals surface area contributed by atoms with E-state index in [4.69, 9.17) is 5.11 Å². The van der Waals surface area contributed by atoms with E-state index in [1.807, 2.05) is 0 Å². The second-order valence-corrected chi connectivity index (χ2v) is 3.77. The number of hydrogen-bond donors (Lipinski definition) is 1. The van der Waals surface area contributed by atoms with E-state index in [2.05, 4.69) is 20.9 Å². The van der Waals surface area contributed by atoms with Crippen molar-refractivity contribution in [2.45, 2.75) is 19.8 Å². The van der Waals surface area contributed by atoms with Gasteiger partial charge in [-0.05, 0) is 28.9 Å². The number of alkyl halides is 2. The molecule has 0 fully saturated rings. The van der Waals surface area contributed by atoms with Gasteiger partial charge in [-0.15, -0.1) is 0 Å². The Kier molecular flexibility index (Phi) is 3.73. The van der Waals surface area contributed by atoms with Crippen LogP contribution in [-0.4, -0.2) is 16.1 Å². The Hall–Kier alpha value is -1.04. The average molecular weight is 280 g/mol. The third-order valence-corrected chi connectivity index (χ3v) is 2.80. The van der Waals surface area contributed by atoms with Gasteiger partial charge in [0, 0.05) is 10.0 Å². The van der Waals surface area contributed by atoms with Gasteiger partial charge in [0.2, 0.25) is 0 Å². The molecule has 0 aliphatic carbocycles. The van der Waals surface area contributed by atoms with Crippen LogP contribution in [0.25, 0.3) is 0 Å². The summed E-state index contributed by atoms with van der Waals surface area (Å²) in [6.45, 7) is 1.54. The monoisotopic (exact) mass is 279 g/mol. The number of carboxylic acids is 1. The lowest BCUT2D eigenvalue weighted by Crippen LogP contribution is -2.05. The van der Waals surface area contributed by atoms with Gasteiger partial charge in [-0.3, -0.25) is 9.78 Å². The van der Waals surface area contributed by atoms with Crippen LogP contribution >= 0.6 is 15.9 Å². The molecule has 0 spiro atoms. The van der Waals surface area contributed by atoms with Gasteiger partial charge in [0.1, 0.15) is 0 Å². The molecule has 0 aliphatic rings. The van der Waals surface area contributed by atoms with Crippen LogP contribution in [0.4, 0.5) is 8.78 Å². The molecule has 15 heavy (non-hydrogen) atoms. The molecule has 1 aromatic heterocycles. The fourth-order valence-electron chi connectivity index (χ4n) is 1.15. The molecule has 0 saturated carbocycles. The van der Waals surface area contributed by atoms with Crippen molar-refractivity contribution < 1.29 is 18.7 Å². The summed E-state index contributed by atoms with van der Waals surface area (Å²) in [5.41, 5.74) is 0.279. The first-order valence-electron chi connectivity index (χ1n) is 4.07. The first-order valence-corrected chi connectivity index (χ1v) is 4.87. The Labute approximate surface area is 93.3 Å². The summed E-state index contributed by atoms with van der Waals surface area (Å²) in [6.07, 6.45) is -3.00. The average Bonchev–Trinajstić information content (AvgIpc) is 2.09. The third kappa shape index (κ3) is 2.95.